The van der Waals surface area contributed by atoms with Crippen LogP contribution in [0.3, 0.4) is 0 Å². The first kappa shape index (κ1) is 11.8. The summed E-state index contributed by atoms with van der Waals surface area (Å²) in [7, 11) is 0. The second kappa shape index (κ2) is 5.09. The van der Waals surface area contributed by atoms with Crippen LogP contribution < -0.4 is 4.74 Å². The average molecular weight is 241 g/mol. The van der Waals surface area contributed by atoms with Crippen molar-refractivity contribution < 1.29 is 18.8 Å². The minimum Gasteiger partial charge on any atom is -0.462 e. The van der Waals surface area contributed by atoms with E-state index >= 15 is 0 Å². The van der Waals surface area contributed by atoms with E-state index in [-0.39, 0.29) is 11.4 Å². The predicted octanol–water partition coefficient (Wildman–Crippen LogP) is 2.64. The van der Waals surface area contributed by atoms with Crippen LogP contribution in [0.25, 0.3) is 0 Å². The maximum Gasteiger partial charge on any atom is 0.273 e. The van der Waals surface area contributed by atoms with Crippen molar-refractivity contribution >= 4 is 5.69 Å². The van der Waals surface area contributed by atoms with E-state index in [4.69, 9.17) is 9.47 Å². The summed E-state index contributed by atoms with van der Waals surface area (Å²) >= 11 is 0. The molecule has 1 saturated heterocycles. The molecule has 0 N–H and O–H groups in total. The molecule has 2 rings (SSSR count). The highest BCUT2D eigenvalue weighted by Gasteiger charge is 2.19. The first-order valence-corrected chi connectivity index (χ1v) is 5.39. The number of hydrogen-bond acceptors (Lipinski definition) is 4. The maximum atomic E-state index is 13.4. The van der Waals surface area contributed by atoms with Crippen molar-refractivity contribution in [2.45, 2.75) is 25.6 Å². The van der Waals surface area contributed by atoms with Crippen LogP contribution in [-0.2, 0) is 4.74 Å². The standard InChI is InChI=1S/C11H12FNO4/c12-9-5-4-8(13(14)15)7-10(9)17-11-3-1-2-6-16-11/h4-5,7,11H,1-3,6H2. The van der Waals surface area contributed by atoms with Crippen molar-refractivity contribution in [2.75, 3.05) is 6.61 Å². The molecule has 0 aliphatic carbocycles. The number of benzene rings is 1. The summed E-state index contributed by atoms with van der Waals surface area (Å²) in [6.45, 7) is 0.571. The Labute approximate surface area is 97.3 Å². The largest absolute Gasteiger partial charge is 0.462 e. The van der Waals surface area contributed by atoms with Crippen LogP contribution in [-0.4, -0.2) is 17.8 Å². The molecule has 1 aromatic rings. The zero-order chi connectivity index (χ0) is 12.3. The summed E-state index contributed by atoms with van der Waals surface area (Å²) in [4.78, 5) is 9.96. The topological polar surface area (TPSA) is 61.6 Å². The Morgan fingerprint density at radius 2 is 2.29 bits per heavy atom. The van der Waals surface area contributed by atoms with Gasteiger partial charge in [-0.3, -0.25) is 10.1 Å². The van der Waals surface area contributed by atoms with Gasteiger partial charge in [-0.25, -0.2) is 4.39 Å². The third-order valence-electron chi connectivity index (χ3n) is 2.52. The van der Waals surface area contributed by atoms with E-state index in [1.807, 2.05) is 0 Å². The van der Waals surface area contributed by atoms with Gasteiger partial charge in [0.1, 0.15) is 0 Å². The number of nitro groups is 1. The van der Waals surface area contributed by atoms with Gasteiger partial charge in [-0.1, -0.05) is 0 Å². The van der Waals surface area contributed by atoms with Crippen molar-refractivity contribution in [3.8, 4) is 5.75 Å². The first-order valence-electron chi connectivity index (χ1n) is 5.39. The van der Waals surface area contributed by atoms with Crippen LogP contribution in [0.4, 0.5) is 10.1 Å². The van der Waals surface area contributed by atoms with Crippen LogP contribution in [0.2, 0.25) is 0 Å². The lowest BCUT2D eigenvalue weighted by Crippen LogP contribution is -2.25. The number of rotatable bonds is 3. The Morgan fingerprint density at radius 1 is 1.47 bits per heavy atom. The molecule has 17 heavy (non-hydrogen) atoms. The predicted molar refractivity (Wildman–Crippen MR) is 57.3 cm³/mol. The minimum atomic E-state index is -0.621. The molecule has 1 fully saturated rings. The Kier molecular flexibility index (Phi) is 3.53. The maximum absolute atomic E-state index is 13.4. The van der Waals surface area contributed by atoms with Crippen LogP contribution in [0.1, 0.15) is 19.3 Å². The zero-order valence-electron chi connectivity index (χ0n) is 9.10. The minimum absolute atomic E-state index is 0.133. The van der Waals surface area contributed by atoms with Crippen molar-refractivity contribution in [3.05, 3.63) is 34.1 Å². The lowest BCUT2D eigenvalue weighted by Gasteiger charge is -2.23. The smallest absolute Gasteiger partial charge is 0.273 e. The molecule has 1 aromatic carbocycles. The number of ether oxygens (including phenoxy) is 2. The Hall–Kier alpha value is -1.69. The molecule has 0 spiro atoms. The van der Waals surface area contributed by atoms with Crippen LogP contribution in [0.15, 0.2) is 18.2 Å². The van der Waals surface area contributed by atoms with Gasteiger partial charge in [-0.2, -0.15) is 0 Å². The van der Waals surface area contributed by atoms with E-state index in [1.54, 1.807) is 0 Å². The Bertz CT molecular complexity index is 418. The van der Waals surface area contributed by atoms with Gasteiger partial charge in [0.25, 0.3) is 5.69 Å². The number of nitrogens with zero attached hydrogens (tertiary/aromatic N) is 1. The number of nitro benzene ring substituents is 1. The average Bonchev–Trinajstić information content (AvgIpc) is 2.33. The van der Waals surface area contributed by atoms with E-state index in [0.717, 1.165) is 31.0 Å². The molecule has 0 amide bonds. The molecular weight excluding hydrogens is 229 g/mol. The van der Waals surface area contributed by atoms with E-state index < -0.39 is 17.0 Å². The zero-order valence-corrected chi connectivity index (χ0v) is 9.10. The highest BCUT2D eigenvalue weighted by molar-refractivity contribution is 5.39. The summed E-state index contributed by atoms with van der Waals surface area (Å²) in [5.41, 5.74) is -0.197. The monoisotopic (exact) mass is 241 g/mol. The lowest BCUT2D eigenvalue weighted by atomic mass is 10.2. The van der Waals surface area contributed by atoms with Crippen LogP contribution in [0, 0.1) is 15.9 Å². The molecule has 1 aliphatic rings. The Balaban J connectivity index is 2.13. The van der Waals surface area contributed by atoms with Crippen molar-refractivity contribution in [1.82, 2.24) is 0 Å². The van der Waals surface area contributed by atoms with Crippen LogP contribution in [0.5, 0.6) is 5.75 Å². The fraction of sp³-hybridized carbons (Fsp3) is 0.455. The number of halogens is 1. The third kappa shape index (κ3) is 2.91. The van der Waals surface area contributed by atoms with Crippen molar-refractivity contribution in [3.63, 3.8) is 0 Å². The van der Waals surface area contributed by atoms with Crippen molar-refractivity contribution in [2.24, 2.45) is 0 Å². The summed E-state index contributed by atoms with van der Waals surface area (Å²) in [6, 6.07) is 3.20. The van der Waals surface area contributed by atoms with Crippen molar-refractivity contribution in [1.29, 1.82) is 0 Å². The quantitative estimate of drug-likeness (QED) is 0.602. The second-order valence-corrected chi connectivity index (χ2v) is 3.79. The van der Waals surface area contributed by atoms with E-state index in [2.05, 4.69) is 0 Å². The van der Waals surface area contributed by atoms with E-state index in [0.29, 0.717) is 13.0 Å². The molecule has 1 aliphatic heterocycles. The van der Waals surface area contributed by atoms with Gasteiger partial charge in [0.2, 0.25) is 0 Å². The van der Waals surface area contributed by atoms with Crippen LogP contribution >= 0.6 is 0 Å². The summed E-state index contributed by atoms with van der Waals surface area (Å²) < 4.78 is 23.9. The molecule has 0 aromatic heterocycles. The molecule has 1 atom stereocenters. The van der Waals surface area contributed by atoms with Gasteiger partial charge >= 0.3 is 0 Å². The first-order chi connectivity index (χ1) is 8.16. The molecule has 5 nitrogen and oxygen atoms in total. The van der Waals surface area contributed by atoms with Gasteiger partial charge in [-0.15, -0.1) is 0 Å². The molecule has 6 heteroatoms. The fourth-order valence-electron chi connectivity index (χ4n) is 1.64. The highest BCUT2D eigenvalue weighted by atomic mass is 19.1. The highest BCUT2D eigenvalue weighted by Crippen LogP contribution is 2.26. The number of hydrogen-bond donors (Lipinski definition) is 0. The summed E-state index contributed by atoms with van der Waals surface area (Å²) in [5, 5.41) is 10.6. The van der Waals surface area contributed by atoms with Gasteiger partial charge in [0.05, 0.1) is 17.6 Å². The van der Waals surface area contributed by atoms with E-state index in [1.165, 1.54) is 0 Å². The molecule has 0 saturated carbocycles. The molecule has 0 radical (unpaired) electrons. The number of non-ortho nitro benzene ring substituents is 1. The molecule has 0 bridgehead atoms. The molecule has 92 valence electrons. The fourth-order valence-corrected chi connectivity index (χ4v) is 1.64. The SMILES string of the molecule is O=[N+]([O-])c1ccc(F)c(OC2CCCCO2)c1. The van der Waals surface area contributed by atoms with Gasteiger partial charge in [-0.05, 0) is 18.9 Å². The van der Waals surface area contributed by atoms with Gasteiger partial charge in [0.15, 0.2) is 17.9 Å². The normalized spacial score (nSPS) is 19.9. The molecule has 1 heterocycles. The summed E-state index contributed by atoms with van der Waals surface area (Å²) in [6.07, 6.45) is 2.06. The third-order valence-corrected chi connectivity index (χ3v) is 2.52. The Morgan fingerprint density at radius 3 is 2.94 bits per heavy atom. The van der Waals surface area contributed by atoms with Gasteiger partial charge in [0, 0.05) is 12.5 Å². The lowest BCUT2D eigenvalue weighted by molar-refractivity contribution is -0.385. The molecular formula is C11H12FNO4. The van der Waals surface area contributed by atoms with E-state index in [9.17, 15) is 14.5 Å². The molecule has 1 unspecified atom stereocenters. The van der Waals surface area contributed by atoms with Gasteiger partial charge < -0.3 is 9.47 Å². The summed E-state index contributed by atoms with van der Waals surface area (Å²) in [5.74, 6) is -0.754. The second-order valence-electron chi connectivity index (χ2n) is 3.79.